The van der Waals surface area contributed by atoms with Gasteiger partial charge in [-0.15, -0.1) is 0 Å². The van der Waals surface area contributed by atoms with Crippen molar-refractivity contribution in [1.29, 1.82) is 0 Å². The first-order valence-corrected chi connectivity index (χ1v) is 7.62. The van der Waals surface area contributed by atoms with E-state index in [0.717, 1.165) is 0 Å². The van der Waals surface area contributed by atoms with Crippen LogP contribution < -0.4 is 4.18 Å². The molecule has 0 saturated carbocycles. The van der Waals surface area contributed by atoms with Crippen molar-refractivity contribution in [2.75, 3.05) is 33.2 Å². The quantitative estimate of drug-likeness (QED) is 0.814. The maximum atomic E-state index is 12.0. The van der Waals surface area contributed by atoms with Crippen LogP contribution in [0.25, 0.3) is 0 Å². The zero-order valence-electron chi connectivity index (χ0n) is 9.91. The van der Waals surface area contributed by atoms with E-state index in [1.165, 1.54) is 10.5 Å². The maximum absolute atomic E-state index is 12.0. The summed E-state index contributed by atoms with van der Waals surface area (Å²) in [6.45, 7) is 2.30. The molecule has 0 aliphatic carbocycles. The third-order valence-electron chi connectivity index (χ3n) is 2.66. The van der Waals surface area contributed by atoms with Crippen LogP contribution in [0.3, 0.4) is 0 Å². The fourth-order valence-electron chi connectivity index (χ4n) is 1.62. The van der Waals surface area contributed by atoms with Gasteiger partial charge in [0, 0.05) is 36.8 Å². The molecule has 0 N–H and O–H groups in total. The van der Waals surface area contributed by atoms with Crippen molar-refractivity contribution in [3.8, 4) is 5.75 Å². The molecule has 0 amide bonds. The van der Waals surface area contributed by atoms with Crippen LogP contribution in [0.4, 0.5) is 0 Å². The molecular formula is C10H14BrN3O3S. The first-order chi connectivity index (χ1) is 8.47. The Morgan fingerprint density at radius 3 is 2.56 bits per heavy atom. The van der Waals surface area contributed by atoms with Crippen LogP contribution in [-0.2, 0) is 10.3 Å². The van der Waals surface area contributed by atoms with Gasteiger partial charge >= 0.3 is 10.3 Å². The maximum Gasteiger partial charge on any atom is 0.385 e. The Kier molecular flexibility index (Phi) is 4.21. The summed E-state index contributed by atoms with van der Waals surface area (Å²) in [5, 5.41) is 0. The van der Waals surface area contributed by atoms with Crippen LogP contribution in [0.5, 0.6) is 5.75 Å². The molecule has 1 saturated heterocycles. The number of likely N-dealkylation sites (N-methyl/N-ethyl adjacent to an activating group) is 1. The lowest BCUT2D eigenvalue weighted by Gasteiger charge is -2.30. The van der Waals surface area contributed by atoms with Crippen molar-refractivity contribution >= 4 is 26.2 Å². The van der Waals surface area contributed by atoms with E-state index in [4.69, 9.17) is 4.18 Å². The topological polar surface area (TPSA) is 62.7 Å². The molecule has 1 aromatic heterocycles. The van der Waals surface area contributed by atoms with Gasteiger partial charge in [0.25, 0.3) is 0 Å². The van der Waals surface area contributed by atoms with E-state index in [9.17, 15) is 8.42 Å². The number of hydrogen-bond acceptors (Lipinski definition) is 5. The van der Waals surface area contributed by atoms with Gasteiger partial charge < -0.3 is 9.08 Å². The molecule has 0 unspecified atom stereocenters. The van der Waals surface area contributed by atoms with Crippen LogP contribution in [-0.4, -0.2) is 55.8 Å². The molecule has 0 atom stereocenters. The van der Waals surface area contributed by atoms with Gasteiger partial charge in [0.2, 0.25) is 0 Å². The molecule has 18 heavy (non-hydrogen) atoms. The Hall–Kier alpha value is -0.700. The van der Waals surface area contributed by atoms with E-state index in [2.05, 4.69) is 25.8 Å². The van der Waals surface area contributed by atoms with Crippen molar-refractivity contribution in [1.82, 2.24) is 14.2 Å². The molecule has 100 valence electrons. The summed E-state index contributed by atoms with van der Waals surface area (Å²) in [5.41, 5.74) is 0. The van der Waals surface area contributed by atoms with Gasteiger partial charge in [-0.05, 0) is 29.0 Å². The summed E-state index contributed by atoms with van der Waals surface area (Å²) < 4.78 is 31.1. The number of halogens is 1. The van der Waals surface area contributed by atoms with E-state index in [1.807, 2.05) is 7.05 Å². The summed E-state index contributed by atoms with van der Waals surface area (Å²) in [7, 11) is -1.77. The predicted molar refractivity (Wildman–Crippen MR) is 70.6 cm³/mol. The number of aromatic nitrogens is 1. The zero-order valence-corrected chi connectivity index (χ0v) is 12.3. The number of rotatable bonds is 3. The van der Waals surface area contributed by atoms with Gasteiger partial charge in [-0.2, -0.15) is 12.7 Å². The number of piperazine rings is 1. The SMILES string of the molecule is CN1CCN(S(=O)(=O)Oc2cncc(Br)c2)CC1. The number of pyridine rings is 1. The molecule has 2 rings (SSSR count). The molecule has 0 spiro atoms. The normalized spacial score (nSPS) is 18.8. The van der Waals surface area contributed by atoms with Crippen LogP contribution in [0.1, 0.15) is 0 Å². The van der Waals surface area contributed by atoms with E-state index < -0.39 is 10.3 Å². The third-order valence-corrected chi connectivity index (χ3v) is 4.49. The highest BCUT2D eigenvalue weighted by Crippen LogP contribution is 2.19. The lowest BCUT2D eigenvalue weighted by atomic mass is 10.4. The van der Waals surface area contributed by atoms with E-state index >= 15 is 0 Å². The summed E-state index contributed by atoms with van der Waals surface area (Å²) in [4.78, 5) is 5.94. The van der Waals surface area contributed by atoms with E-state index in [-0.39, 0.29) is 5.75 Å². The highest BCUT2D eigenvalue weighted by molar-refractivity contribution is 9.10. The Bertz CT molecular complexity index is 515. The van der Waals surface area contributed by atoms with Crippen LogP contribution in [0.2, 0.25) is 0 Å². The van der Waals surface area contributed by atoms with Gasteiger partial charge in [-0.25, -0.2) is 0 Å². The summed E-state index contributed by atoms with van der Waals surface area (Å²) in [6, 6.07) is 1.57. The minimum absolute atomic E-state index is 0.211. The molecule has 0 radical (unpaired) electrons. The van der Waals surface area contributed by atoms with Crippen molar-refractivity contribution in [2.24, 2.45) is 0 Å². The average Bonchev–Trinajstić information content (AvgIpc) is 2.29. The largest absolute Gasteiger partial charge is 0.385 e. The number of hydrogen-bond donors (Lipinski definition) is 0. The highest BCUT2D eigenvalue weighted by atomic mass is 79.9. The van der Waals surface area contributed by atoms with Crippen LogP contribution >= 0.6 is 15.9 Å². The first kappa shape index (κ1) is 13.7. The fourth-order valence-corrected chi connectivity index (χ4v) is 3.02. The molecule has 2 heterocycles. The predicted octanol–water partition coefficient (Wildman–Crippen LogP) is 0.715. The summed E-state index contributed by atoms with van der Waals surface area (Å²) in [6.07, 6.45) is 2.94. The van der Waals surface area contributed by atoms with Crippen molar-refractivity contribution in [3.63, 3.8) is 0 Å². The molecular weight excluding hydrogens is 322 g/mol. The summed E-state index contributed by atoms with van der Waals surface area (Å²) >= 11 is 3.22. The van der Waals surface area contributed by atoms with Gasteiger partial charge in [0.1, 0.15) is 0 Å². The molecule has 1 aliphatic rings. The molecule has 6 nitrogen and oxygen atoms in total. The van der Waals surface area contributed by atoms with Crippen molar-refractivity contribution in [3.05, 3.63) is 22.9 Å². The Morgan fingerprint density at radius 2 is 1.94 bits per heavy atom. The lowest BCUT2D eigenvalue weighted by Crippen LogP contribution is -2.48. The molecule has 0 aromatic carbocycles. The minimum atomic E-state index is -3.73. The lowest BCUT2D eigenvalue weighted by molar-refractivity contribution is 0.212. The van der Waals surface area contributed by atoms with Gasteiger partial charge in [-0.1, -0.05) is 0 Å². The smallest absolute Gasteiger partial charge is 0.369 e. The van der Waals surface area contributed by atoms with Crippen LogP contribution in [0.15, 0.2) is 22.9 Å². The molecule has 0 bridgehead atoms. The van der Waals surface area contributed by atoms with Crippen molar-refractivity contribution < 1.29 is 12.6 Å². The second kappa shape index (κ2) is 5.52. The van der Waals surface area contributed by atoms with E-state index in [1.54, 1.807) is 12.3 Å². The third kappa shape index (κ3) is 3.41. The molecule has 8 heteroatoms. The second-order valence-electron chi connectivity index (χ2n) is 4.08. The van der Waals surface area contributed by atoms with Gasteiger partial charge in [-0.3, -0.25) is 4.98 Å². The monoisotopic (exact) mass is 335 g/mol. The first-order valence-electron chi connectivity index (χ1n) is 5.46. The molecule has 1 fully saturated rings. The molecule has 1 aliphatic heterocycles. The standard InChI is InChI=1S/C10H14BrN3O3S/c1-13-2-4-14(5-3-13)18(15,16)17-10-6-9(11)7-12-8-10/h6-8H,2-5H2,1H3. The van der Waals surface area contributed by atoms with Gasteiger partial charge in [0.05, 0.1) is 6.20 Å². The summed E-state index contributed by atoms with van der Waals surface area (Å²) in [5.74, 6) is 0.211. The average molecular weight is 336 g/mol. The minimum Gasteiger partial charge on any atom is -0.369 e. The van der Waals surface area contributed by atoms with Gasteiger partial charge in [0.15, 0.2) is 5.75 Å². The van der Waals surface area contributed by atoms with E-state index in [0.29, 0.717) is 30.7 Å². The fraction of sp³-hybridized carbons (Fsp3) is 0.500. The number of nitrogens with zero attached hydrogens (tertiary/aromatic N) is 3. The highest BCUT2D eigenvalue weighted by Gasteiger charge is 2.27. The zero-order chi connectivity index (χ0) is 13.2. The van der Waals surface area contributed by atoms with Crippen LogP contribution in [0, 0.1) is 0 Å². The Morgan fingerprint density at radius 1 is 1.28 bits per heavy atom. The Balaban J connectivity index is 2.08. The Labute approximate surface area is 115 Å². The molecule has 1 aromatic rings. The van der Waals surface area contributed by atoms with Crippen molar-refractivity contribution in [2.45, 2.75) is 0 Å². The second-order valence-corrected chi connectivity index (χ2v) is 6.54.